The number of hydrogen-bond donors (Lipinski definition) is 1. The first-order valence-electron chi connectivity index (χ1n) is 7.36. The fourth-order valence-corrected chi connectivity index (χ4v) is 2.78. The van der Waals surface area contributed by atoms with Crippen LogP contribution < -0.4 is 5.73 Å². The lowest BCUT2D eigenvalue weighted by Gasteiger charge is -2.38. The van der Waals surface area contributed by atoms with Crippen molar-refractivity contribution >= 4 is 11.6 Å². The zero-order valence-electron chi connectivity index (χ0n) is 12.7. The molecule has 1 amide bonds. The summed E-state index contributed by atoms with van der Waals surface area (Å²) in [5.74, 6) is 0.0907. The third-order valence-corrected chi connectivity index (χ3v) is 4.26. The van der Waals surface area contributed by atoms with Crippen molar-refractivity contribution in [2.75, 3.05) is 25.9 Å². The van der Waals surface area contributed by atoms with Crippen LogP contribution >= 0.6 is 0 Å². The van der Waals surface area contributed by atoms with Crippen LogP contribution in [0.5, 0.6) is 0 Å². The van der Waals surface area contributed by atoms with Crippen LogP contribution in [0.2, 0.25) is 0 Å². The van der Waals surface area contributed by atoms with Crippen molar-refractivity contribution in [3.63, 3.8) is 0 Å². The highest BCUT2D eigenvalue weighted by Crippen LogP contribution is 2.19. The van der Waals surface area contributed by atoms with Gasteiger partial charge in [-0.25, -0.2) is 0 Å². The molecule has 4 nitrogen and oxygen atoms in total. The van der Waals surface area contributed by atoms with Gasteiger partial charge in [0.05, 0.1) is 0 Å². The summed E-state index contributed by atoms with van der Waals surface area (Å²) in [6, 6.07) is 8.10. The van der Waals surface area contributed by atoms with Gasteiger partial charge in [-0.2, -0.15) is 0 Å². The van der Waals surface area contributed by atoms with Gasteiger partial charge in [0.2, 0.25) is 0 Å². The quantitative estimate of drug-likeness (QED) is 0.861. The highest BCUT2D eigenvalue weighted by molar-refractivity contribution is 5.94. The predicted molar refractivity (Wildman–Crippen MR) is 82.7 cm³/mol. The highest BCUT2D eigenvalue weighted by atomic mass is 16.2. The average Bonchev–Trinajstić information content (AvgIpc) is 2.46. The summed E-state index contributed by atoms with van der Waals surface area (Å²) in [5.41, 5.74) is 7.06. The normalized spacial score (nSPS) is 17.4. The molecule has 4 heteroatoms. The smallest absolute Gasteiger partial charge is 0.253 e. The molecule has 0 saturated carbocycles. The first kappa shape index (κ1) is 14.9. The number of hydrogen-bond acceptors (Lipinski definition) is 3. The lowest BCUT2D eigenvalue weighted by molar-refractivity contribution is 0.0615. The summed E-state index contributed by atoms with van der Waals surface area (Å²) < 4.78 is 0. The standard InChI is InChI=1S/C16H25N3O/c1-12(2)19-10-8-15(9-11-19)18(3)16(20)13-4-6-14(17)7-5-13/h4-7,12,15H,8-11,17H2,1-3H3. The lowest BCUT2D eigenvalue weighted by atomic mass is 10.0. The topological polar surface area (TPSA) is 49.6 Å². The first-order chi connectivity index (χ1) is 9.49. The Kier molecular flexibility index (Phi) is 4.65. The Hall–Kier alpha value is -1.55. The maximum Gasteiger partial charge on any atom is 0.253 e. The summed E-state index contributed by atoms with van der Waals surface area (Å²) in [4.78, 5) is 16.8. The minimum Gasteiger partial charge on any atom is -0.399 e. The molecule has 1 aliphatic rings. The van der Waals surface area contributed by atoms with Gasteiger partial charge >= 0.3 is 0 Å². The van der Waals surface area contributed by atoms with Gasteiger partial charge < -0.3 is 15.5 Å². The molecule has 1 aliphatic heterocycles. The maximum absolute atomic E-state index is 12.4. The molecular formula is C16H25N3O. The molecule has 1 fully saturated rings. The number of benzene rings is 1. The second-order valence-corrected chi connectivity index (χ2v) is 5.90. The summed E-state index contributed by atoms with van der Waals surface area (Å²) in [7, 11) is 1.91. The molecule has 0 spiro atoms. The molecule has 0 atom stereocenters. The van der Waals surface area contributed by atoms with E-state index in [0.29, 0.717) is 23.3 Å². The zero-order chi connectivity index (χ0) is 14.7. The Morgan fingerprint density at radius 2 is 1.80 bits per heavy atom. The summed E-state index contributed by atoms with van der Waals surface area (Å²) >= 11 is 0. The van der Waals surface area contributed by atoms with E-state index in [0.717, 1.165) is 25.9 Å². The predicted octanol–water partition coefficient (Wildman–Crippen LogP) is 2.21. The van der Waals surface area contributed by atoms with Crippen molar-refractivity contribution in [1.82, 2.24) is 9.80 Å². The van der Waals surface area contributed by atoms with Crippen molar-refractivity contribution in [3.8, 4) is 0 Å². The Bertz CT molecular complexity index is 447. The van der Waals surface area contributed by atoms with Crippen LogP contribution in [-0.2, 0) is 0 Å². The number of piperidine rings is 1. The van der Waals surface area contributed by atoms with Gasteiger partial charge in [-0.15, -0.1) is 0 Å². The van der Waals surface area contributed by atoms with Gasteiger partial charge in [0.1, 0.15) is 0 Å². The van der Waals surface area contributed by atoms with Crippen molar-refractivity contribution in [2.45, 2.75) is 38.8 Å². The molecule has 1 saturated heterocycles. The number of nitrogen functional groups attached to an aromatic ring is 1. The SMILES string of the molecule is CC(C)N1CCC(N(C)C(=O)c2ccc(N)cc2)CC1. The van der Waals surface area contributed by atoms with E-state index in [2.05, 4.69) is 18.7 Å². The molecule has 0 radical (unpaired) electrons. The van der Waals surface area contributed by atoms with E-state index in [4.69, 9.17) is 5.73 Å². The molecule has 20 heavy (non-hydrogen) atoms. The number of likely N-dealkylation sites (tertiary alicyclic amines) is 1. The van der Waals surface area contributed by atoms with Crippen LogP contribution in [0.4, 0.5) is 5.69 Å². The van der Waals surface area contributed by atoms with E-state index in [1.54, 1.807) is 24.3 Å². The number of amides is 1. The van der Waals surface area contributed by atoms with Gasteiger partial charge in [-0.1, -0.05) is 0 Å². The molecule has 2 rings (SSSR count). The van der Waals surface area contributed by atoms with Crippen LogP contribution in [0.15, 0.2) is 24.3 Å². The van der Waals surface area contributed by atoms with Gasteiger partial charge in [0, 0.05) is 43.5 Å². The van der Waals surface area contributed by atoms with Gasteiger partial charge in [-0.05, 0) is 51.0 Å². The molecule has 0 aliphatic carbocycles. The molecule has 0 aromatic heterocycles. The van der Waals surface area contributed by atoms with Gasteiger partial charge in [-0.3, -0.25) is 4.79 Å². The largest absolute Gasteiger partial charge is 0.399 e. The molecule has 0 unspecified atom stereocenters. The number of nitrogens with two attached hydrogens (primary N) is 1. The molecule has 1 aromatic carbocycles. The molecule has 1 aromatic rings. The van der Waals surface area contributed by atoms with E-state index < -0.39 is 0 Å². The molecule has 110 valence electrons. The van der Waals surface area contributed by atoms with Gasteiger partial charge in [0.25, 0.3) is 5.91 Å². The number of carbonyl (C=O) groups excluding carboxylic acids is 1. The third-order valence-electron chi connectivity index (χ3n) is 4.26. The first-order valence-corrected chi connectivity index (χ1v) is 7.36. The van der Waals surface area contributed by atoms with E-state index in [1.807, 2.05) is 11.9 Å². The number of rotatable bonds is 3. The zero-order valence-corrected chi connectivity index (χ0v) is 12.7. The van der Waals surface area contributed by atoms with Crippen LogP contribution in [0.25, 0.3) is 0 Å². The Morgan fingerprint density at radius 1 is 1.25 bits per heavy atom. The Balaban J connectivity index is 1.96. The molecule has 0 bridgehead atoms. The summed E-state index contributed by atoms with van der Waals surface area (Å²) in [6.45, 7) is 6.59. The second kappa shape index (κ2) is 6.27. The van der Waals surface area contributed by atoms with Crippen LogP contribution in [-0.4, -0.2) is 47.9 Å². The highest BCUT2D eigenvalue weighted by Gasteiger charge is 2.26. The lowest BCUT2D eigenvalue weighted by Crippen LogP contribution is -2.47. The van der Waals surface area contributed by atoms with Crippen molar-refractivity contribution < 1.29 is 4.79 Å². The number of carbonyl (C=O) groups is 1. The third kappa shape index (κ3) is 3.31. The summed E-state index contributed by atoms with van der Waals surface area (Å²) in [5, 5.41) is 0. The molecule has 2 N–H and O–H groups in total. The monoisotopic (exact) mass is 275 g/mol. The average molecular weight is 275 g/mol. The summed E-state index contributed by atoms with van der Waals surface area (Å²) in [6.07, 6.45) is 2.10. The molecular weight excluding hydrogens is 250 g/mol. The number of anilines is 1. The fraction of sp³-hybridized carbons (Fsp3) is 0.562. The van der Waals surface area contributed by atoms with Gasteiger partial charge in [0.15, 0.2) is 0 Å². The second-order valence-electron chi connectivity index (χ2n) is 5.90. The van der Waals surface area contributed by atoms with E-state index in [-0.39, 0.29) is 5.91 Å². The maximum atomic E-state index is 12.4. The van der Waals surface area contributed by atoms with Crippen LogP contribution in [0.3, 0.4) is 0 Å². The van der Waals surface area contributed by atoms with E-state index in [1.165, 1.54) is 0 Å². The minimum atomic E-state index is 0.0907. The van der Waals surface area contributed by atoms with E-state index in [9.17, 15) is 4.79 Å². The molecule has 1 heterocycles. The van der Waals surface area contributed by atoms with Crippen molar-refractivity contribution in [3.05, 3.63) is 29.8 Å². The Morgan fingerprint density at radius 3 is 2.30 bits per heavy atom. The van der Waals surface area contributed by atoms with Crippen LogP contribution in [0, 0.1) is 0 Å². The number of nitrogens with zero attached hydrogens (tertiary/aromatic N) is 2. The van der Waals surface area contributed by atoms with Crippen LogP contribution in [0.1, 0.15) is 37.0 Å². The Labute approximate surface area is 121 Å². The fourth-order valence-electron chi connectivity index (χ4n) is 2.78. The van der Waals surface area contributed by atoms with Crippen molar-refractivity contribution in [1.29, 1.82) is 0 Å². The van der Waals surface area contributed by atoms with E-state index >= 15 is 0 Å². The van der Waals surface area contributed by atoms with Crippen molar-refractivity contribution in [2.24, 2.45) is 0 Å². The minimum absolute atomic E-state index is 0.0907.